The summed E-state index contributed by atoms with van der Waals surface area (Å²) in [7, 11) is -1.65. The number of benzene rings is 1. The Balaban J connectivity index is 1.52. The molecule has 1 aromatic rings. The predicted molar refractivity (Wildman–Crippen MR) is 121 cm³/mol. The lowest BCUT2D eigenvalue weighted by Crippen LogP contribution is -2.60. The number of hydrogen-bond donors (Lipinski definition) is 2. The molecule has 0 aromatic heterocycles. The Morgan fingerprint density at radius 3 is 2.55 bits per heavy atom. The predicted octanol–water partition coefficient (Wildman–Crippen LogP) is 3.78. The smallest absolute Gasteiger partial charge is 0.226 e. The molecular weight excluding hydrogens is 376 g/mol. The third kappa shape index (κ3) is 3.15. The molecule has 4 unspecified atom stereocenters. The molecule has 4 rings (SSSR count). The summed E-state index contributed by atoms with van der Waals surface area (Å²) in [6.45, 7) is 13.5. The van der Waals surface area contributed by atoms with Gasteiger partial charge < -0.3 is 4.90 Å². The van der Waals surface area contributed by atoms with E-state index in [0.717, 1.165) is 19.5 Å². The normalized spacial score (nSPS) is 33.1. The maximum Gasteiger partial charge on any atom is 0.226 e. The molecule has 2 N–H and O–H groups in total. The first kappa shape index (κ1) is 20.6. The van der Waals surface area contributed by atoms with Crippen molar-refractivity contribution >= 4 is 20.2 Å². The maximum absolute atomic E-state index is 13.1. The van der Waals surface area contributed by atoms with Crippen molar-refractivity contribution in [2.75, 3.05) is 13.1 Å². The largest absolute Gasteiger partial charge is 0.342 e. The van der Waals surface area contributed by atoms with E-state index in [1.54, 1.807) is 0 Å². The molecule has 3 aliphatic rings. The number of hydrazine groups is 1. The fourth-order valence-corrected chi connectivity index (χ4v) is 7.42. The molecule has 4 atom stereocenters. The van der Waals surface area contributed by atoms with E-state index in [1.807, 2.05) is 6.21 Å². The molecule has 1 saturated heterocycles. The van der Waals surface area contributed by atoms with E-state index in [0.29, 0.717) is 11.8 Å². The molecule has 1 aliphatic carbocycles. The van der Waals surface area contributed by atoms with Gasteiger partial charge in [0.1, 0.15) is 0 Å². The van der Waals surface area contributed by atoms with Crippen LogP contribution in [0.15, 0.2) is 29.4 Å². The van der Waals surface area contributed by atoms with Crippen molar-refractivity contribution in [1.82, 2.24) is 15.9 Å². The van der Waals surface area contributed by atoms with Crippen LogP contribution < -0.4 is 11.0 Å². The van der Waals surface area contributed by atoms with E-state index in [2.05, 4.69) is 78.7 Å². The van der Waals surface area contributed by atoms with Gasteiger partial charge in [0.2, 0.25) is 5.91 Å². The summed E-state index contributed by atoms with van der Waals surface area (Å²) in [5.41, 5.74) is 8.96. The van der Waals surface area contributed by atoms with Gasteiger partial charge in [-0.15, -0.1) is 0 Å². The van der Waals surface area contributed by atoms with Gasteiger partial charge in [0, 0.05) is 24.7 Å². The zero-order valence-corrected chi connectivity index (χ0v) is 19.6. The molecule has 5 nitrogen and oxygen atoms in total. The van der Waals surface area contributed by atoms with Gasteiger partial charge in [-0.2, -0.15) is 5.10 Å². The van der Waals surface area contributed by atoms with Crippen molar-refractivity contribution in [2.24, 2.45) is 16.9 Å². The lowest BCUT2D eigenvalue weighted by molar-refractivity contribution is -0.130. The van der Waals surface area contributed by atoms with Crippen LogP contribution in [0.25, 0.3) is 0 Å². The molecule has 1 amide bonds. The van der Waals surface area contributed by atoms with E-state index in [4.69, 9.17) is 0 Å². The van der Waals surface area contributed by atoms with E-state index < -0.39 is 8.07 Å². The molecule has 158 valence electrons. The lowest BCUT2D eigenvalue weighted by atomic mass is 9.89. The summed E-state index contributed by atoms with van der Waals surface area (Å²) >= 11 is 0. The summed E-state index contributed by atoms with van der Waals surface area (Å²) in [5, 5.41) is 4.07. The van der Waals surface area contributed by atoms with E-state index in [-0.39, 0.29) is 16.5 Å². The average molecular weight is 413 g/mol. The molecule has 2 heterocycles. The van der Waals surface area contributed by atoms with Crippen LogP contribution in [0.2, 0.25) is 19.6 Å². The molecule has 1 saturated carbocycles. The third-order valence-electron chi connectivity index (χ3n) is 7.68. The Kier molecular flexibility index (Phi) is 5.14. The fourth-order valence-electron chi connectivity index (χ4n) is 5.52. The van der Waals surface area contributed by atoms with Crippen molar-refractivity contribution in [3.8, 4) is 0 Å². The summed E-state index contributed by atoms with van der Waals surface area (Å²) < 4.78 is 0. The van der Waals surface area contributed by atoms with Crippen molar-refractivity contribution < 1.29 is 4.79 Å². The number of nitrogens with zero attached hydrogens (tertiary/aromatic N) is 2. The number of amides is 1. The first-order chi connectivity index (χ1) is 13.8. The number of unbranched alkanes of at least 4 members (excludes halogenated alkanes) is 3. The highest BCUT2D eigenvalue weighted by Gasteiger charge is 2.70. The van der Waals surface area contributed by atoms with Crippen molar-refractivity contribution in [3.63, 3.8) is 0 Å². The number of hydrazone groups is 1. The number of likely N-dealkylation sites (tertiary alicyclic amines) is 1. The van der Waals surface area contributed by atoms with Crippen molar-refractivity contribution in [3.05, 3.63) is 35.4 Å². The number of carbonyl (C=O) groups is 1. The first-order valence-electron chi connectivity index (χ1n) is 11.2. The van der Waals surface area contributed by atoms with Crippen LogP contribution in [-0.2, 0) is 15.4 Å². The Bertz CT molecular complexity index is 819. The molecular formula is C23H36N4OSi. The van der Waals surface area contributed by atoms with E-state index >= 15 is 0 Å². The number of fused-ring (bicyclic) bond motifs is 1. The standard InChI is InChI=1S/C23H36N4OSi/c1-6-7-8-9-13-27-15-19-20(21(27)28)22(19,2)17-11-10-12-18(14-17)23(29(3,4)5)16-24-26-25-23/h10-12,14,16,19-20,25-26H,6-9,13,15H2,1-5H3. The van der Waals surface area contributed by atoms with Crippen molar-refractivity contribution in [2.45, 2.75) is 69.7 Å². The van der Waals surface area contributed by atoms with E-state index in [1.165, 1.54) is 30.4 Å². The molecule has 0 radical (unpaired) electrons. The summed E-state index contributed by atoms with van der Waals surface area (Å²) in [5.74, 6) is 0.999. The van der Waals surface area contributed by atoms with E-state index in [9.17, 15) is 4.79 Å². The van der Waals surface area contributed by atoms with Gasteiger partial charge in [-0.3, -0.25) is 4.79 Å². The Hall–Kier alpha value is -1.66. The van der Waals surface area contributed by atoms with Gasteiger partial charge in [-0.1, -0.05) is 77.0 Å². The second-order valence-corrected chi connectivity index (χ2v) is 15.6. The van der Waals surface area contributed by atoms with Gasteiger partial charge in [-0.05, 0) is 23.5 Å². The molecule has 1 aromatic carbocycles. The fraction of sp³-hybridized carbons (Fsp3) is 0.652. The Morgan fingerprint density at radius 2 is 1.97 bits per heavy atom. The Morgan fingerprint density at radius 1 is 1.21 bits per heavy atom. The quantitative estimate of drug-likeness (QED) is 0.505. The number of carbonyl (C=O) groups excluding carboxylic acids is 1. The van der Waals surface area contributed by atoms with Crippen LogP contribution in [0, 0.1) is 11.8 Å². The number of rotatable bonds is 8. The summed E-state index contributed by atoms with van der Waals surface area (Å²) in [6, 6.07) is 8.92. The topological polar surface area (TPSA) is 56.7 Å². The minimum Gasteiger partial charge on any atom is -0.342 e. The minimum absolute atomic E-state index is 0.0170. The van der Waals surface area contributed by atoms with Crippen LogP contribution in [0.4, 0.5) is 0 Å². The van der Waals surface area contributed by atoms with Crippen LogP contribution in [-0.4, -0.2) is 38.2 Å². The van der Waals surface area contributed by atoms with Gasteiger partial charge in [0.05, 0.1) is 19.2 Å². The van der Waals surface area contributed by atoms with Gasteiger partial charge in [0.25, 0.3) is 0 Å². The summed E-state index contributed by atoms with van der Waals surface area (Å²) in [6.07, 6.45) is 6.92. The highest BCUT2D eigenvalue weighted by atomic mass is 28.3. The van der Waals surface area contributed by atoms with Crippen LogP contribution >= 0.6 is 0 Å². The number of hydrogen-bond acceptors (Lipinski definition) is 4. The van der Waals surface area contributed by atoms with Gasteiger partial charge in [-0.25, -0.2) is 11.0 Å². The lowest BCUT2D eigenvalue weighted by Gasteiger charge is -2.38. The van der Waals surface area contributed by atoms with Gasteiger partial charge in [0.15, 0.2) is 0 Å². The highest BCUT2D eigenvalue weighted by molar-refractivity contribution is 6.81. The number of piperidine rings is 1. The second kappa shape index (κ2) is 7.24. The average Bonchev–Trinajstić information content (AvgIpc) is 3.05. The third-order valence-corrected chi connectivity index (χ3v) is 10.6. The molecule has 0 bridgehead atoms. The van der Waals surface area contributed by atoms with Crippen LogP contribution in [0.1, 0.15) is 50.7 Å². The second-order valence-electron chi connectivity index (χ2n) is 10.3. The SMILES string of the molecule is CCCCCCN1CC2C(C1=O)C2(C)c1cccc(C2([Si](C)(C)C)C=NNN2)c1. The monoisotopic (exact) mass is 412 g/mol. The first-order valence-corrected chi connectivity index (χ1v) is 14.7. The van der Waals surface area contributed by atoms with Crippen LogP contribution in [0.3, 0.4) is 0 Å². The molecule has 6 heteroatoms. The summed E-state index contributed by atoms with van der Waals surface area (Å²) in [4.78, 5) is 15.2. The molecule has 0 spiro atoms. The van der Waals surface area contributed by atoms with Gasteiger partial charge >= 0.3 is 0 Å². The molecule has 2 fully saturated rings. The minimum atomic E-state index is -1.65. The number of nitrogens with one attached hydrogen (secondary N) is 2. The zero-order valence-electron chi connectivity index (χ0n) is 18.6. The maximum atomic E-state index is 13.1. The Labute approximate surface area is 176 Å². The highest BCUT2D eigenvalue weighted by Crippen LogP contribution is 2.64. The van der Waals surface area contributed by atoms with Crippen molar-refractivity contribution in [1.29, 1.82) is 0 Å². The van der Waals surface area contributed by atoms with Crippen LogP contribution in [0.5, 0.6) is 0 Å². The zero-order chi connectivity index (χ0) is 20.9. The molecule has 29 heavy (non-hydrogen) atoms. The molecule has 2 aliphatic heterocycles.